The van der Waals surface area contributed by atoms with Crippen LogP contribution >= 0.6 is 11.6 Å². The number of rotatable bonds is 4. The summed E-state index contributed by atoms with van der Waals surface area (Å²) in [4.78, 5) is 12.0. The van der Waals surface area contributed by atoms with Gasteiger partial charge in [0.1, 0.15) is 5.69 Å². The van der Waals surface area contributed by atoms with Gasteiger partial charge in [0.25, 0.3) is 0 Å². The van der Waals surface area contributed by atoms with Crippen LogP contribution in [0.15, 0.2) is 16.9 Å². The van der Waals surface area contributed by atoms with Crippen LogP contribution in [0.5, 0.6) is 0 Å². The van der Waals surface area contributed by atoms with E-state index in [1.54, 1.807) is 6.92 Å². The van der Waals surface area contributed by atoms with Gasteiger partial charge in [-0.25, -0.2) is 14.4 Å². The average molecular weight is 284 g/mol. The summed E-state index contributed by atoms with van der Waals surface area (Å²) in [6.45, 7) is 9.83. The maximum atomic E-state index is 13.7. The maximum Gasteiger partial charge on any atom is 0.223 e. The number of aromatic nitrogens is 2. The molecular formula is C14H19ClFN3. The van der Waals surface area contributed by atoms with Crippen molar-refractivity contribution in [2.45, 2.75) is 41.0 Å². The fourth-order valence-corrected chi connectivity index (χ4v) is 1.67. The predicted molar refractivity (Wildman–Crippen MR) is 77.8 cm³/mol. The van der Waals surface area contributed by atoms with Crippen LogP contribution in [0.2, 0.25) is 5.28 Å². The van der Waals surface area contributed by atoms with E-state index in [4.69, 9.17) is 11.6 Å². The van der Waals surface area contributed by atoms with Crippen LogP contribution < -0.4 is 0 Å². The molecule has 0 spiro atoms. The number of aliphatic imine (C=N–C) groups is 1. The summed E-state index contributed by atoms with van der Waals surface area (Å²) in [6.07, 6.45) is 2.10. The van der Waals surface area contributed by atoms with Gasteiger partial charge in [-0.05, 0) is 50.3 Å². The minimum atomic E-state index is -0.488. The lowest BCUT2D eigenvalue weighted by atomic mass is 10.0. The van der Waals surface area contributed by atoms with Crippen molar-refractivity contribution < 1.29 is 4.39 Å². The van der Waals surface area contributed by atoms with Gasteiger partial charge in [-0.1, -0.05) is 13.8 Å². The third-order valence-electron chi connectivity index (χ3n) is 3.28. The molecule has 19 heavy (non-hydrogen) atoms. The van der Waals surface area contributed by atoms with Crippen molar-refractivity contribution in [3.05, 3.63) is 28.7 Å². The van der Waals surface area contributed by atoms with E-state index in [9.17, 15) is 4.39 Å². The lowest BCUT2D eigenvalue weighted by molar-refractivity contribution is 0.608. The quantitative estimate of drug-likeness (QED) is 0.601. The van der Waals surface area contributed by atoms with Crippen molar-refractivity contribution in [1.82, 2.24) is 9.97 Å². The Kier molecular flexibility index (Phi) is 5.60. The first-order valence-corrected chi connectivity index (χ1v) is 6.65. The van der Waals surface area contributed by atoms with Crippen molar-refractivity contribution in [1.29, 1.82) is 0 Å². The first-order chi connectivity index (χ1) is 8.86. The Hall–Kier alpha value is -1.29. The van der Waals surface area contributed by atoms with Gasteiger partial charge in [-0.3, -0.25) is 4.99 Å². The molecule has 5 heteroatoms. The van der Waals surface area contributed by atoms with Crippen molar-refractivity contribution >= 4 is 22.9 Å². The van der Waals surface area contributed by atoms with Gasteiger partial charge in [-0.2, -0.15) is 0 Å². The number of hydrogen-bond donors (Lipinski definition) is 0. The van der Waals surface area contributed by atoms with Crippen molar-refractivity contribution in [2.75, 3.05) is 0 Å². The highest BCUT2D eigenvalue weighted by Crippen LogP contribution is 2.21. The molecule has 1 atom stereocenters. The maximum absolute atomic E-state index is 13.7. The highest BCUT2D eigenvalue weighted by Gasteiger charge is 2.11. The zero-order valence-electron chi connectivity index (χ0n) is 12.0. The van der Waals surface area contributed by atoms with Crippen LogP contribution in [0.3, 0.4) is 0 Å². The first-order valence-electron chi connectivity index (χ1n) is 6.27. The molecule has 0 aliphatic rings. The van der Waals surface area contributed by atoms with Gasteiger partial charge in [0.2, 0.25) is 5.28 Å². The minimum Gasteiger partial charge on any atom is -0.262 e. The molecule has 0 aliphatic carbocycles. The molecule has 104 valence electrons. The number of nitrogens with zero attached hydrogens (tertiary/aromatic N) is 3. The van der Waals surface area contributed by atoms with Crippen LogP contribution in [-0.2, 0) is 0 Å². The molecule has 0 bridgehead atoms. The molecule has 1 heterocycles. The molecule has 1 unspecified atom stereocenters. The van der Waals surface area contributed by atoms with Crippen LogP contribution in [-0.4, -0.2) is 15.7 Å². The lowest BCUT2D eigenvalue weighted by Gasteiger charge is -2.10. The standard InChI is InChI=1S/C14H19ClFN3/c1-6-8(2)10(4)18-11(5)9(3)13-12(16)7-17-14(15)19-13/h7-8H,6H2,1-5H3/b11-9+,18-10?. The first kappa shape index (κ1) is 15.8. The van der Waals surface area contributed by atoms with Crippen LogP contribution in [0, 0.1) is 11.7 Å². The highest BCUT2D eigenvalue weighted by molar-refractivity contribution is 6.28. The summed E-state index contributed by atoms with van der Waals surface area (Å²) in [5.41, 5.74) is 2.65. The molecular weight excluding hydrogens is 265 g/mol. The molecule has 0 radical (unpaired) electrons. The largest absolute Gasteiger partial charge is 0.262 e. The van der Waals surface area contributed by atoms with Crippen LogP contribution in [0.4, 0.5) is 4.39 Å². The second-order valence-electron chi connectivity index (χ2n) is 4.61. The Labute approximate surface area is 118 Å². The average Bonchev–Trinajstić information content (AvgIpc) is 2.39. The number of halogens is 2. The third kappa shape index (κ3) is 4.10. The topological polar surface area (TPSA) is 38.1 Å². The summed E-state index contributed by atoms with van der Waals surface area (Å²) < 4.78 is 13.7. The van der Waals surface area contributed by atoms with Crippen LogP contribution in [0.1, 0.15) is 46.7 Å². The van der Waals surface area contributed by atoms with Gasteiger partial charge >= 0.3 is 0 Å². The Bertz CT molecular complexity index is 523. The number of allylic oxidation sites excluding steroid dienone is 2. The second kappa shape index (κ2) is 6.75. The summed E-state index contributed by atoms with van der Waals surface area (Å²) in [5, 5.41) is 0.0335. The summed E-state index contributed by atoms with van der Waals surface area (Å²) in [6, 6.07) is 0. The molecule has 0 saturated heterocycles. The Morgan fingerprint density at radius 2 is 2.05 bits per heavy atom. The fourth-order valence-electron chi connectivity index (χ4n) is 1.53. The van der Waals surface area contributed by atoms with Crippen LogP contribution in [0.25, 0.3) is 5.57 Å². The normalized spacial score (nSPS) is 15.2. The molecule has 0 fully saturated rings. The van der Waals surface area contributed by atoms with Gasteiger partial charge in [0.15, 0.2) is 5.82 Å². The second-order valence-corrected chi connectivity index (χ2v) is 4.95. The van der Waals surface area contributed by atoms with E-state index in [1.807, 2.05) is 13.8 Å². The molecule has 0 aromatic carbocycles. The van der Waals surface area contributed by atoms with Gasteiger partial charge in [0, 0.05) is 11.4 Å². The summed E-state index contributed by atoms with van der Waals surface area (Å²) in [5.74, 6) is -0.0840. The summed E-state index contributed by atoms with van der Waals surface area (Å²) in [7, 11) is 0. The Morgan fingerprint density at radius 3 is 2.63 bits per heavy atom. The molecule has 0 amide bonds. The van der Waals surface area contributed by atoms with E-state index in [0.717, 1.165) is 24.0 Å². The zero-order chi connectivity index (χ0) is 14.6. The third-order valence-corrected chi connectivity index (χ3v) is 3.46. The molecule has 3 nitrogen and oxygen atoms in total. The van der Waals surface area contributed by atoms with Crippen molar-refractivity contribution in [2.24, 2.45) is 10.9 Å². The number of hydrogen-bond acceptors (Lipinski definition) is 3. The lowest BCUT2D eigenvalue weighted by Crippen LogP contribution is -2.06. The molecule has 1 rings (SSSR count). The van der Waals surface area contributed by atoms with Gasteiger partial charge < -0.3 is 0 Å². The Morgan fingerprint density at radius 1 is 1.42 bits per heavy atom. The molecule has 0 aliphatic heterocycles. The van der Waals surface area contributed by atoms with E-state index < -0.39 is 5.82 Å². The van der Waals surface area contributed by atoms with Crippen molar-refractivity contribution in [3.8, 4) is 0 Å². The highest BCUT2D eigenvalue weighted by atomic mass is 35.5. The summed E-state index contributed by atoms with van der Waals surface area (Å²) >= 11 is 5.70. The molecule has 0 saturated carbocycles. The van der Waals surface area contributed by atoms with Gasteiger partial charge in [-0.15, -0.1) is 0 Å². The monoisotopic (exact) mass is 283 g/mol. The van der Waals surface area contributed by atoms with Gasteiger partial charge in [0.05, 0.1) is 6.20 Å². The molecule has 1 aromatic rings. The zero-order valence-corrected chi connectivity index (χ0v) is 12.7. The molecule has 1 aromatic heterocycles. The minimum absolute atomic E-state index is 0.0335. The fraction of sp³-hybridized carbons (Fsp3) is 0.500. The SMILES string of the molecule is CCC(C)C(C)=N/C(C)=C(\C)c1nc(Cl)ncc1F. The van der Waals surface area contributed by atoms with E-state index in [2.05, 4.69) is 28.8 Å². The van der Waals surface area contributed by atoms with E-state index in [-0.39, 0.29) is 11.0 Å². The van der Waals surface area contributed by atoms with E-state index in [0.29, 0.717) is 11.5 Å². The van der Waals surface area contributed by atoms with E-state index in [1.165, 1.54) is 0 Å². The van der Waals surface area contributed by atoms with E-state index >= 15 is 0 Å². The smallest absolute Gasteiger partial charge is 0.223 e. The Balaban J connectivity index is 3.18. The predicted octanol–water partition coefficient (Wildman–Crippen LogP) is 4.53. The molecule has 0 N–H and O–H groups in total. The van der Waals surface area contributed by atoms with Crippen molar-refractivity contribution in [3.63, 3.8) is 0 Å².